The van der Waals surface area contributed by atoms with Crippen LogP contribution in [0.5, 0.6) is 5.75 Å². The van der Waals surface area contributed by atoms with Gasteiger partial charge in [0.2, 0.25) is 0 Å². The second-order valence-corrected chi connectivity index (χ2v) is 3.74. The number of nitriles is 1. The summed E-state index contributed by atoms with van der Waals surface area (Å²) in [5.41, 5.74) is 1.29. The zero-order valence-corrected chi connectivity index (χ0v) is 9.77. The van der Waals surface area contributed by atoms with E-state index in [1.54, 1.807) is 17.7 Å². The Morgan fingerprint density at radius 3 is 2.63 bits per heavy atom. The predicted octanol–water partition coefficient (Wildman–Crippen LogP) is 2.95. The number of halogens is 3. The minimum Gasteiger partial charge on any atom is -0.406 e. The van der Waals surface area contributed by atoms with Gasteiger partial charge in [-0.1, -0.05) is 0 Å². The van der Waals surface area contributed by atoms with Crippen molar-refractivity contribution in [3.63, 3.8) is 0 Å². The maximum absolute atomic E-state index is 12.1. The van der Waals surface area contributed by atoms with Crippen LogP contribution in [0.4, 0.5) is 13.2 Å². The number of benzene rings is 1. The molecule has 0 fully saturated rings. The van der Waals surface area contributed by atoms with Gasteiger partial charge in [-0.2, -0.15) is 5.26 Å². The molecular formula is C12H8F3N3O. The molecule has 1 heterocycles. The van der Waals surface area contributed by atoms with Crippen LogP contribution in [0.2, 0.25) is 0 Å². The van der Waals surface area contributed by atoms with Crippen LogP contribution in [0.1, 0.15) is 11.3 Å². The number of hydrogen-bond donors (Lipinski definition) is 0. The van der Waals surface area contributed by atoms with Crippen LogP contribution in [0.15, 0.2) is 30.7 Å². The summed E-state index contributed by atoms with van der Waals surface area (Å²) in [5, 5.41) is 9.01. The summed E-state index contributed by atoms with van der Waals surface area (Å²) in [6.07, 6.45) is -1.71. The Morgan fingerprint density at radius 1 is 1.37 bits per heavy atom. The Labute approximate surface area is 106 Å². The largest absolute Gasteiger partial charge is 0.573 e. The van der Waals surface area contributed by atoms with E-state index in [2.05, 4.69) is 9.72 Å². The second kappa shape index (κ2) is 4.65. The van der Waals surface area contributed by atoms with Crippen molar-refractivity contribution in [2.24, 2.45) is 0 Å². The van der Waals surface area contributed by atoms with Crippen LogP contribution in [-0.4, -0.2) is 15.9 Å². The molecule has 0 radical (unpaired) electrons. The zero-order valence-electron chi connectivity index (χ0n) is 9.77. The van der Waals surface area contributed by atoms with Gasteiger partial charge < -0.3 is 9.30 Å². The molecule has 0 N–H and O–H groups in total. The molecule has 0 amide bonds. The molecule has 0 atom stereocenters. The van der Waals surface area contributed by atoms with Crippen LogP contribution < -0.4 is 4.74 Å². The Bertz CT molecular complexity index is 640. The molecule has 0 bridgehead atoms. The van der Waals surface area contributed by atoms with Crippen LogP contribution >= 0.6 is 0 Å². The zero-order chi connectivity index (χ0) is 14.0. The molecule has 2 rings (SSSR count). The molecule has 98 valence electrons. The average Bonchev–Trinajstić information content (AvgIpc) is 2.73. The highest BCUT2D eigenvalue weighted by atomic mass is 19.4. The van der Waals surface area contributed by atoms with Crippen LogP contribution in [0.3, 0.4) is 0 Å². The van der Waals surface area contributed by atoms with Crippen molar-refractivity contribution in [3.05, 3.63) is 42.0 Å². The van der Waals surface area contributed by atoms with Gasteiger partial charge in [0.25, 0.3) is 0 Å². The van der Waals surface area contributed by atoms with Crippen LogP contribution in [-0.2, 0) is 0 Å². The van der Waals surface area contributed by atoms with Crippen LogP contribution in [0, 0.1) is 18.3 Å². The van der Waals surface area contributed by atoms with Gasteiger partial charge in [0.1, 0.15) is 11.8 Å². The Balaban J connectivity index is 2.44. The molecule has 0 saturated carbocycles. The third kappa shape index (κ3) is 2.85. The van der Waals surface area contributed by atoms with E-state index in [-0.39, 0.29) is 5.56 Å². The lowest BCUT2D eigenvalue weighted by Gasteiger charge is -2.11. The lowest BCUT2D eigenvalue weighted by Crippen LogP contribution is -2.17. The highest BCUT2D eigenvalue weighted by Gasteiger charge is 2.31. The van der Waals surface area contributed by atoms with E-state index < -0.39 is 12.1 Å². The summed E-state index contributed by atoms with van der Waals surface area (Å²) in [6.45, 7) is 1.77. The van der Waals surface area contributed by atoms with E-state index in [9.17, 15) is 13.2 Å². The smallest absolute Gasteiger partial charge is 0.406 e. The van der Waals surface area contributed by atoms with Gasteiger partial charge in [-0.3, -0.25) is 0 Å². The summed E-state index contributed by atoms with van der Waals surface area (Å²) in [4.78, 5) is 3.90. The van der Waals surface area contributed by atoms with Gasteiger partial charge in [-0.05, 0) is 19.1 Å². The van der Waals surface area contributed by atoms with Gasteiger partial charge in [0.05, 0.1) is 17.6 Å². The molecular weight excluding hydrogens is 259 g/mol. The van der Waals surface area contributed by atoms with Gasteiger partial charge in [0.15, 0.2) is 0 Å². The molecule has 0 unspecified atom stereocenters. The molecule has 1 aromatic carbocycles. The summed E-state index contributed by atoms with van der Waals surface area (Å²) >= 11 is 0. The number of aryl methyl sites for hydroxylation is 1. The van der Waals surface area contributed by atoms with E-state index in [1.807, 2.05) is 6.07 Å². The molecule has 2 aromatic rings. The lowest BCUT2D eigenvalue weighted by molar-refractivity contribution is -0.274. The van der Waals surface area contributed by atoms with Crippen molar-refractivity contribution in [2.45, 2.75) is 13.3 Å². The van der Waals surface area contributed by atoms with Crippen molar-refractivity contribution in [1.29, 1.82) is 5.26 Å². The van der Waals surface area contributed by atoms with E-state index in [4.69, 9.17) is 5.26 Å². The summed E-state index contributed by atoms with van der Waals surface area (Å²) in [6, 6.07) is 5.42. The molecule has 19 heavy (non-hydrogen) atoms. The third-order valence-corrected chi connectivity index (χ3v) is 2.41. The van der Waals surface area contributed by atoms with Gasteiger partial charge >= 0.3 is 6.36 Å². The Hall–Kier alpha value is -2.49. The molecule has 0 aliphatic rings. The SMILES string of the molecule is Cc1cncn1-c1ccc(OC(F)(F)F)cc1C#N. The van der Waals surface area contributed by atoms with E-state index in [1.165, 1.54) is 12.4 Å². The number of ether oxygens (including phenoxy) is 1. The van der Waals surface area contributed by atoms with E-state index in [0.29, 0.717) is 5.69 Å². The normalized spacial score (nSPS) is 11.1. The first-order chi connectivity index (χ1) is 8.90. The average molecular weight is 267 g/mol. The molecule has 1 aromatic heterocycles. The number of alkyl halides is 3. The van der Waals surface area contributed by atoms with Gasteiger partial charge in [-0.15, -0.1) is 13.2 Å². The maximum Gasteiger partial charge on any atom is 0.573 e. The maximum atomic E-state index is 12.1. The fourth-order valence-electron chi connectivity index (χ4n) is 1.63. The van der Waals surface area contributed by atoms with Crippen molar-refractivity contribution < 1.29 is 17.9 Å². The molecule has 4 nitrogen and oxygen atoms in total. The number of imidazole rings is 1. The van der Waals surface area contributed by atoms with Crippen molar-refractivity contribution in [2.75, 3.05) is 0 Å². The molecule has 0 aliphatic heterocycles. The van der Waals surface area contributed by atoms with Crippen molar-refractivity contribution in [1.82, 2.24) is 9.55 Å². The first-order valence-electron chi connectivity index (χ1n) is 5.20. The minimum absolute atomic E-state index is 0.0721. The summed E-state index contributed by atoms with van der Waals surface area (Å²) in [5.74, 6) is -0.425. The highest BCUT2D eigenvalue weighted by molar-refractivity contribution is 5.53. The predicted molar refractivity (Wildman–Crippen MR) is 59.7 cm³/mol. The van der Waals surface area contributed by atoms with E-state index >= 15 is 0 Å². The monoisotopic (exact) mass is 267 g/mol. The first-order valence-corrected chi connectivity index (χ1v) is 5.20. The number of nitrogens with zero attached hydrogens (tertiary/aromatic N) is 3. The summed E-state index contributed by atoms with van der Waals surface area (Å²) < 4.78 is 41.7. The Kier molecular flexibility index (Phi) is 3.17. The summed E-state index contributed by atoms with van der Waals surface area (Å²) in [7, 11) is 0. The molecule has 0 aliphatic carbocycles. The fourth-order valence-corrected chi connectivity index (χ4v) is 1.63. The molecule has 0 saturated heterocycles. The molecule has 7 heteroatoms. The topological polar surface area (TPSA) is 50.8 Å². The second-order valence-electron chi connectivity index (χ2n) is 3.74. The quantitative estimate of drug-likeness (QED) is 0.840. The number of hydrogen-bond acceptors (Lipinski definition) is 3. The van der Waals surface area contributed by atoms with Gasteiger partial charge in [-0.25, -0.2) is 4.98 Å². The number of rotatable bonds is 2. The van der Waals surface area contributed by atoms with E-state index in [0.717, 1.165) is 17.8 Å². The third-order valence-electron chi connectivity index (χ3n) is 2.41. The number of aromatic nitrogens is 2. The van der Waals surface area contributed by atoms with Gasteiger partial charge in [0, 0.05) is 18.0 Å². The standard InChI is InChI=1S/C12H8F3N3O/c1-8-6-17-7-18(8)11-3-2-10(4-9(11)5-16)19-12(13,14)15/h2-4,6-7H,1H3. The minimum atomic E-state index is -4.78. The first kappa shape index (κ1) is 13.0. The Morgan fingerprint density at radius 2 is 2.11 bits per heavy atom. The lowest BCUT2D eigenvalue weighted by atomic mass is 10.2. The molecule has 0 spiro atoms. The fraction of sp³-hybridized carbons (Fsp3) is 0.167. The highest BCUT2D eigenvalue weighted by Crippen LogP contribution is 2.26. The van der Waals surface area contributed by atoms with Crippen molar-refractivity contribution >= 4 is 0 Å². The van der Waals surface area contributed by atoms with Crippen LogP contribution in [0.25, 0.3) is 5.69 Å². The van der Waals surface area contributed by atoms with Crippen molar-refractivity contribution in [3.8, 4) is 17.5 Å².